The van der Waals surface area contributed by atoms with Gasteiger partial charge >= 0.3 is 0 Å². The first-order valence-corrected chi connectivity index (χ1v) is 8.42. The quantitative estimate of drug-likeness (QED) is 0.834. The van der Waals surface area contributed by atoms with Crippen molar-refractivity contribution >= 4 is 5.91 Å². The predicted molar refractivity (Wildman–Crippen MR) is 88.0 cm³/mol. The fourth-order valence-electron chi connectivity index (χ4n) is 3.29. The number of rotatable bonds is 6. The predicted octanol–water partition coefficient (Wildman–Crippen LogP) is 1.54. The van der Waals surface area contributed by atoms with Crippen LogP contribution in [0.2, 0.25) is 0 Å². The van der Waals surface area contributed by atoms with Gasteiger partial charge in [0.05, 0.1) is 14.2 Å². The highest BCUT2D eigenvalue weighted by atomic mass is 19.1. The van der Waals surface area contributed by atoms with E-state index in [9.17, 15) is 9.18 Å². The molecule has 0 aromatic heterocycles. The Labute approximate surface area is 138 Å². The van der Waals surface area contributed by atoms with Gasteiger partial charge in [-0.05, 0) is 37.0 Å². The van der Waals surface area contributed by atoms with Gasteiger partial charge in [0, 0.05) is 11.6 Å². The zero-order valence-corrected chi connectivity index (χ0v) is 14.3. The summed E-state index contributed by atoms with van der Waals surface area (Å²) >= 11 is 0. The van der Waals surface area contributed by atoms with Gasteiger partial charge in [-0.25, -0.2) is 4.39 Å². The van der Waals surface area contributed by atoms with Crippen LogP contribution < -0.4 is 15.0 Å². The van der Waals surface area contributed by atoms with Gasteiger partial charge in [-0.2, -0.15) is 0 Å². The molecule has 23 heavy (non-hydrogen) atoms. The molecule has 1 aliphatic carbocycles. The molecule has 0 saturated heterocycles. The lowest BCUT2D eigenvalue weighted by Gasteiger charge is -2.29. The van der Waals surface area contributed by atoms with Crippen LogP contribution in [0.25, 0.3) is 0 Å². The lowest BCUT2D eigenvalue weighted by atomic mass is 9.86. The molecule has 1 aromatic carbocycles. The summed E-state index contributed by atoms with van der Waals surface area (Å²) < 4.78 is 18.6. The molecule has 1 saturated carbocycles. The fraction of sp³-hybridized carbons (Fsp3) is 0.611. The Morgan fingerprint density at radius 1 is 1.39 bits per heavy atom. The zero-order chi connectivity index (χ0) is 16.8. The summed E-state index contributed by atoms with van der Waals surface area (Å²) in [5.74, 6) is 0.521. The number of benzene rings is 1. The lowest BCUT2D eigenvalue weighted by molar-refractivity contribution is -0.885. The van der Waals surface area contributed by atoms with Crippen molar-refractivity contribution in [3.8, 4) is 5.75 Å². The van der Waals surface area contributed by atoms with E-state index in [1.54, 1.807) is 6.07 Å². The van der Waals surface area contributed by atoms with Gasteiger partial charge in [0.15, 0.2) is 18.1 Å². The summed E-state index contributed by atoms with van der Waals surface area (Å²) in [6.07, 6.45) is 4.74. The third-order valence-corrected chi connectivity index (χ3v) is 4.64. The van der Waals surface area contributed by atoms with E-state index in [4.69, 9.17) is 4.74 Å². The number of hydrogen-bond acceptors (Lipinski definition) is 2. The molecule has 0 spiro atoms. The van der Waals surface area contributed by atoms with E-state index in [1.807, 2.05) is 13.1 Å². The number of halogens is 1. The van der Waals surface area contributed by atoms with Crippen molar-refractivity contribution in [2.24, 2.45) is 5.92 Å². The zero-order valence-electron chi connectivity index (χ0n) is 14.3. The number of likely N-dealkylation sites (N-methyl/N-ethyl adjacent to an activating group) is 1. The van der Waals surface area contributed by atoms with Crippen molar-refractivity contribution in [1.82, 2.24) is 5.32 Å². The van der Waals surface area contributed by atoms with Gasteiger partial charge in [-0.3, -0.25) is 4.79 Å². The molecule has 0 bridgehead atoms. The molecule has 2 N–H and O–H groups in total. The highest BCUT2D eigenvalue weighted by Crippen LogP contribution is 2.23. The maximum absolute atomic E-state index is 13.7. The average Bonchev–Trinajstić information content (AvgIpc) is 2.49. The molecule has 1 unspecified atom stereocenters. The normalized spacial score (nSPS) is 22.4. The van der Waals surface area contributed by atoms with Gasteiger partial charge in [-0.15, -0.1) is 0 Å². The van der Waals surface area contributed by atoms with Gasteiger partial charge < -0.3 is 15.0 Å². The molecular weight excluding hydrogens is 295 g/mol. The maximum atomic E-state index is 13.7. The number of nitrogens with one attached hydrogen (secondary N) is 2. The first-order chi connectivity index (χ1) is 11.0. The SMILES string of the molecule is COc1ccc(C[NH+](C)CC(=O)N[C@@H]2CCCC[C@H]2C)cc1F. The Morgan fingerprint density at radius 3 is 2.78 bits per heavy atom. The second kappa shape index (κ2) is 8.29. The minimum Gasteiger partial charge on any atom is -0.494 e. The standard InChI is InChI=1S/C18H27FN2O2/c1-13-6-4-5-7-16(13)20-18(22)12-21(2)11-14-8-9-17(23-3)15(19)10-14/h8-10,13,16H,4-7,11-12H2,1-3H3,(H,20,22)/p+1/t13-,16-/m1/s1. The van der Waals surface area contributed by atoms with Crippen LogP contribution in [0.5, 0.6) is 5.75 Å². The minimum atomic E-state index is -0.363. The van der Waals surface area contributed by atoms with Gasteiger partial charge in [-0.1, -0.05) is 19.8 Å². The number of methoxy groups -OCH3 is 1. The molecule has 1 aliphatic rings. The molecule has 1 fully saturated rings. The molecule has 5 heteroatoms. The van der Waals surface area contributed by atoms with Crippen LogP contribution in [0, 0.1) is 11.7 Å². The number of amides is 1. The summed E-state index contributed by atoms with van der Waals surface area (Å²) in [6.45, 7) is 3.21. The summed E-state index contributed by atoms with van der Waals surface area (Å²) in [5, 5.41) is 3.16. The van der Waals surface area contributed by atoms with Crippen molar-refractivity contribution in [3.05, 3.63) is 29.6 Å². The monoisotopic (exact) mass is 323 g/mol. The van der Waals surface area contributed by atoms with Crippen molar-refractivity contribution in [1.29, 1.82) is 0 Å². The molecule has 3 atom stereocenters. The van der Waals surface area contributed by atoms with Gasteiger partial charge in [0.1, 0.15) is 6.54 Å². The number of quaternary nitrogens is 1. The Bertz CT molecular complexity index is 536. The van der Waals surface area contributed by atoms with E-state index < -0.39 is 0 Å². The first kappa shape index (κ1) is 17.7. The molecule has 0 heterocycles. The summed E-state index contributed by atoms with van der Waals surface area (Å²) in [4.78, 5) is 13.2. The Balaban J connectivity index is 1.82. The third-order valence-electron chi connectivity index (χ3n) is 4.64. The molecular formula is C18H28FN2O2+. The van der Waals surface area contributed by atoms with Gasteiger partial charge in [0.2, 0.25) is 0 Å². The van der Waals surface area contributed by atoms with Crippen molar-refractivity contribution in [2.75, 3.05) is 20.7 Å². The summed E-state index contributed by atoms with van der Waals surface area (Å²) in [7, 11) is 3.40. The molecule has 1 amide bonds. The number of carbonyl (C=O) groups is 1. The highest BCUT2D eigenvalue weighted by Gasteiger charge is 2.23. The van der Waals surface area contributed by atoms with Crippen molar-refractivity contribution < 1.29 is 18.8 Å². The number of ether oxygens (including phenoxy) is 1. The van der Waals surface area contributed by atoms with Crippen LogP contribution in [0.4, 0.5) is 4.39 Å². The molecule has 4 nitrogen and oxygen atoms in total. The van der Waals surface area contributed by atoms with E-state index in [0.29, 0.717) is 25.0 Å². The van der Waals surface area contributed by atoms with Crippen molar-refractivity contribution in [2.45, 2.75) is 45.2 Å². The topological polar surface area (TPSA) is 42.8 Å². The molecule has 2 rings (SSSR count). The van der Waals surface area contributed by atoms with Crippen LogP contribution in [-0.2, 0) is 11.3 Å². The molecule has 128 valence electrons. The summed E-state index contributed by atoms with van der Waals surface area (Å²) in [6, 6.07) is 5.25. The number of hydrogen-bond donors (Lipinski definition) is 2. The van der Waals surface area contributed by atoms with Crippen LogP contribution in [0.3, 0.4) is 0 Å². The first-order valence-electron chi connectivity index (χ1n) is 8.42. The van der Waals surface area contributed by atoms with E-state index in [0.717, 1.165) is 16.9 Å². The van der Waals surface area contributed by atoms with Crippen LogP contribution >= 0.6 is 0 Å². The highest BCUT2D eigenvalue weighted by molar-refractivity contribution is 5.77. The smallest absolute Gasteiger partial charge is 0.275 e. The van der Waals surface area contributed by atoms with E-state index >= 15 is 0 Å². The summed E-state index contributed by atoms with van der Waals surface area (Å²) in [5.41, 5.74) is 0.861. The van der Waals surface area contributed by atoms with E-state index in [2.05, 4.69) is 12.2 Å². The fourth-order valence-corrected chi connectivity index (χ4v) is 3.29. The minimum absolute atomic E-state index is 0.0789. The van der Waals surface area contributed by atoms with Crippen molar-refractivity contribution in [3.63, 3.8) is 0 Å². The van der Waals surface area contributed by atoms with Crippen LogP contribution in [0.1, 0.15) is 38.2 Å². The molecule has 1 aromatic rings. The largest absolute Gasteiger partial charge is 0.494 e. The van der Waals surface area contributed by atoms with E-state index in [-0.39, 0.29) is 17.5 Å². The van der Waals surface area contributed by atoms with Crippen LogP contribution in [0.15, 0.2) is 18.2 Å². The lowest BCUT2D eigenvalue weighted by Crippen LogP contribution is -3.09. The van der Waals surface area contributed by atoms with Gasteiger partial charge in [0.25, 0.3) is 5.91 Å². The van der Waals surface area contributed by atoms with Crippen LogP contribution in [-0.4, -0.2) is 32.7 Å². The van der Waals surface area contributed by atoms with E-state index in [1.165, 1.54) is 32.4 Å². The second-order valence-electron chi connectivity index (χ2n) is 6.72. The third kappa shape index (κ3) is 5.20. The Morgan fingerprint density at radius 2 is 2.13 bits per heavy atom. The Kier molecular flexibility index (Phi) is 6.39. The Hall–Kier alpha value is -1.62. The molecule has 0 radical (unpaired) electrons. The maximum Gasteiger partial charge on any atom is 0.275 e. The number of carbonyl (C=O) groups excluding carboxylic acids is 1. The second-order valence-corrected chi connectivity index (χ2v) is 6.72. The average molecular weight is 323 g/mol. The molecule has 0 aliphatic heterocycles.